The van der Waals surface area contributed by atoms with Gasteiger partial charge >= 0.3 is 0 Å². The first-order valence-electron chi connectivity index (χ1n) is 6.53. The van der Waals surface area contributed by atoms with Gasteiger partial charge in [-0.2, -0.15) is 5.10 Å². The van der Waals surface area contributed by atoms with Gasteiger partial charge in [0.25, 0.3) is 0 Å². The van der Waals surface area contributed by atoms with Crippen LogP contribution in [0.15, 0.2) is 5.10 Å². The first-order valence-corrected chi connectivity index (χ1v) is 13.4. The number of hydrogen-bond donors (Lipinski definition) is 0. The number of nitrogens with zero attached hydrogens (tertiary/aromatic N) is 2. The van der Waals surface area contributed by atoms with E-state index >= 15 is 0 Å². The van der Waals surface area contributed by atoms with Crippen molar-refractivity contribution < 1.29 is 4.79 Å². The van der Waals surface area contributed by atoms with Gasteiger partial charge in [0.2, 0.25) is 0 Å². The molecule has 0 aromatic rings. The molecule has 0 heterocycles. The predicted molar refractivity (Wildman–Crippen MR) is 79.4 cm³/mol. The maximum atomic E-state index is 11.9. The molecular formula is C12H26N2OSi2. The molecule has 0 saturated heterocycles. The van der Waals surface area contributed by atoms with Gasteiger partial charge in [0.1, 0.15) is 5.71 Å². The van der Waals surface area contributed by atoms with E-state index in [2.05, 4.69) is 43.6 Å². The Hall–Kier alpha value is -0.426. The molecule has 5 heteroatoms. The SMILES string of the molecule is C[Si](C)(C)N(/N=C1/CCCCC1=O)[Si](C)(C)C. The van der Waals surface area contributed by atoms with E-state index in [1.165, 1.54) is 0 Å². The summed E-state index contributed by atoms with van der Waals surface area (Å²) in [7, 11) is -2.96. The van der Waals surface area contributed by atoms with Gasteiger partial charge in [0.15, 0.2) is 22.3 Å². The second-order valence-electron chi connectivity index (χ2n) is 6.83. The largest absolute Gasteiger partial charge is 0.349 e. The van der Waals surface area contributed by atoms with Crippen molar-refractivity contribution in [3.8, 4) is 0 Å². The molecule has 0 aromatic carbocycles. The van der Waals surface area contributed by atoms with Gasteiger partial charge in [0.05, 0.1) is 0 Å². The molecule has 0 bridgehead atoms. The van der Waals surface area contributed by atoms with Gasteiger partial charge in [-0.1, -0.05) is 39.3 Å². The van der Waals surface area contributed by atoms with E-state index in [0.717, 1.165) is 25.0 Å². The lowest BCUT2D eigenvalue weighted by molar-refractivity contribution is -0.113. The lowest BCUT2D eigenvalue weighted by Gasteiger charge is -2.42. The molecule has 1 aliphatic carbocycles. The van der Waals surface area contributed by atoms with Gasteiger partial charge in [-0.25, -0.2) is 0 Å². The summed E-state index contributed by atoms with van der Waals surface area (Å²) in [4.78, 5) is 11.9. The molecule has 0 aromatic heterocycles. The average Bonchev–Trinajstić information content (AvgIpc) is 2.12. The molecule has 0 amide bonds. The van der Waals surface area contributed by atoms with E-state index in [-0.39, 0.29) is 5.78 Å². The Balaban J connectivity index is 3.00. The Kier molecular flexibility index (Phi) is 4.35. The van der Waals surface area contributed by atoms with Crippen LogP contribution in [-0.2, 0) is 4.79 Å². The van der Waals surface area contributed by atoms with Crippen molar-refractivity contribution in [2.75, 3.05) is 0 Å². The number of hydrazone groups is 1. The Bertz CT molecular complexity index is 312. The molecule has 3 nitrogen and oxygen atoms in total. The molecule has 0 spiro atoms. The summed E-state index contributed by atoms with van der Waals surface area (Å²) in [6.45, 7) is 13.8. The van der Waals surface area contributed by atoms with Crippen molar-refractivity contribution in [3.05, 3.63) is 0 Å². The number of hydrogen-bond acceptors (Lipinski definition) is 3. The molecular weight excluding hydrogens is 244 g/mol. The highest BCUT2D eigenvalue weighted by molar-refractivity contribution is 6.89. The highest BCUT2D eigenvalue weighted by Crippen LogP contribution is 2.22. The highest BCUT2D eigenvalue weighted by Gasteiger charge is 2.34. The normalized spacial score (nSPS) is 20.8. The first-order chi connectivity index (χ1) is 7.62. The van der Waals surface area contributed by atoms with Crippen molar-refractivity contribution in [2.24, 2.45) is 5.10 Å². The molecule has 0 N–H and O–H groups in total. The van der Waals surface area contributed by atoms with E-state index in [0.29, 0.717) is 6.42 Å². The van der Waals surface area contributed by atoms with Crippen LogP contribution in [0.4, 0.5) is 0 Å². The molecule has 0 unspecified atom stereocenters. The molecule has 0 atom stereocenters. The summed E-state index contributed by atoms with van der Waals surface area (Å²) in [6.07, 6.45) is 3.74. The molecule has 1 aliphatic rings. The van der Waals surface area contributed by atoms with Gasteiger partial charge in [0, 0.05) is 6.42 Å². The minimum Gasteiger partial charge on any atom is -0.349 e. The zero-order valence-corrected chi connectivity index (χ0v) is 14.1. The Labute approximate surface area is 107 Å². The highest BCUT2D eigenvalue weighted by atomic mass is 28.4. The molecule has 0 aliphatic heterocycles. The fraction of sp³-hybridized carbons (Fsp3) is 0.833. The van der Waals surface area contributed by atoms with Crippen molar-refractivity contribution in [2.45, 2.75) is 65.0 Å². The number of ketones is 1. The fourth-order valence-electron chi connectivity index (χ4n) is 2.39. The van der Waals surface area contributed by atoms with Crippen molar-refractivity contribution in [1.82, 2.24) is 4.34 Å². The monoisotopic (exact) mass is 270 g/mol. The smallest absolute Gasteiger partial charge is 0.178 e. The summed E-state index contributed by atoms with van der Waals surface area (Å²) in [6, 6.07) is 0. The summed E-state index contributed by atoms with van der Waals surface area (Å²) < 4.78 is 2.35. The molecule has 1 saturated carbocycles. The fourth-order valence-corrected chi connectivity index (χ4v) is 11.3. The lowest BCUT2D eigenvalue weighted by atomic mass is 9.97. The minimum absolute atomic E-state index is 0.276. The third kappa shape index (κ3) is 4.06. The van der Waals surface area contributed by atoms with Crippen LogP contribution in [0, 0.1) is 0 Å². The topological polar surface area (TPSA) is 32.7 Å². The number of Topliss-reactive ketones (excluding diaryl/α,β-unsaturated/α-hetero) is 1. The predicted octanol–water partition coefficient (Wildman–Crippen LogP) is 3.46. The van der Waals surface area contributed by atoms with Crippen LogP contribution in [-0.4, -0.2) is 32.3 Å². The van der Waals surface area contributed by atoms with Gasteiger partial charge in [-0.05, 0) is 19.3 Å². The average molecular weight is 271 g/mol. The third-order valence-electron chi connectivity index (χ3n) is 2.88. The third-order valence-corrected chi connectivity index (χ3v) is 9.65. The number of carbonyl (C=O) groups is 1. The van der Waals surface area contributed by atoms with Crippen molar-refractivity contribution in [3.63, 3.8) is 0 Å². The second kappa shape index (κ2) is 5.06. The summed E-state index contributed by atoms with van der Waals surface area (Å²) in [5.41, 5.74) is 0.834. The van der Waals surface area contributed by atoms with Crippen LogP contribution in [0.3, 0.4) is 0 Å². The standard InChI is InChI=1S/C12H26N2OSi2/c1-16(2,3)14(17(4,5)6)13-11-9-7-8-10-12(11)15/h7-10H2,1-6H3/b13-11-. The molecule has 1 rings (SSSR count). The number of carbonyl (C=O) groups excluding carboxylic acids is 1. The lowest BCUT2D eigenvalue weighted by Crippen LogP contribution is -2.56. The molecule has 1 fully saturated rings. The Morgan fingerprint density at radius 2 is 1.41 bits per heavy atom. The summed E-state index contributed by atoms with van der Waals surface area (Å²) in [5.74, 6) is 0.276. The summed E-state index contributed by atoms with van der Waals surface area (Å²) >= 11 is 0. The first kappa shape index (κ1) is 14.6. The zero-order chi connectivity index (χ0) is 13.3. The van der Waals surface area contributed by atoms with Crippen LogP contribution >= 0.6 is 0 Å². The van der Waals surface area contributed by atoms with Crippen LogP contribution in [0.25, 0.3) is 0 Å². The number of rotatable bonds is 3. The maximum Gasteiger partial charge on any atom is 0.178 e. The molecule has 0 radical (unpaired) electrons. The van der Waals surface area contributed by atoms with Crippen molar-refractivity contribution >= 4 is 28.0 Å². The zero-order valence-electron chi connectivity index (χ0n) is 12.1. The van der Waals surface area contributed by atoms with Crippen LogP contribution in [0.2, 0.25) is 39.3 Å². The second-order valence-corrected chi connectivity index (χ2v) is 16.8. The quantitative estimate of drug-likeness (QED) is 0.581. The van der Waals surface area contributed by atoms with Crippen molar-refractivity contribution in [1.29, 1.82) is 0 Å². The molecule has 17 heavy (non-hydrogen) atoms. The van der Waals surface area contributed by atoms with E-state index in [1.54, 1.807) is 0 Å². The van der Waals surface area contributed by atoms with E-state index < -0.39 is 16.5 Å². The molecule has 98 valence electrons. The van der Waals surface area contributed by atoms with Gasteiger partial charge in [-0.15, -0.1) is 0 Å². The summed E-state index contributed by atoms with van der Waals surface area (Å²) in [5, 5.41) is 4.78. The van der Waals surface area contributed by atoms with E-state index in [1.807, 2.05) is 0 Å². The van der Waals surface area contributed by atoms with Crippen LogP contribution in [0.1, 0.15) is 25.7 Å². The van der Waals surface area contributed by atoms with Gasteiger partial charge < -0.3 is 4.34 Å². The van der Waals surface area contributed by atoms with Crippen LogP contribution < -0.4 is 0 Å². The van der Waals surface area contributed by atoms with Crippen LogP contribution in [0.5, 0.6) is 0 Å². The van der Waals surface area contributed by atoms with E-state index in [9.17, 15) is 4.79 Å². The Morgan fingerprint density at radius 3 is 1.82 bits per heavy atom. The van der Waals surface area contributed by atoms with Gasteiger partial charge in [-0.3, -0.25) is 4.79 Å². The Morgan fingerprint density at radius 1 is 0.941 bits per heavy atom. The minimum atomic E-state index is -1.48. The van der Waals surface area contributed by atoms with E-state index in [4.69, 9.17) is 5.10 Å². The maximum absolute atomic E-state index is 11.9.